The van der Waals surface area contributed by atoms with E-state index in [-0.39, 0.29) is 37.2 Å². The number of hydrogen-bond donors (Lipinski definition) is 2. The molecule has 0 bridgehead atoms. The summed E-state index contributed by atoms with van der Waals surface area (Å²) >= 11 is 0. The number of hydrogen-bond acceptors (Lipinski definition) is 3. The number of piperidine rings is 1. The highest BCUT2D eigenvalue weighted by Crippen LogP contribution is 2.18. The molecule has 1 aliphatic rings. The molecule has 1 aromatic carbocycles. The molecule has 1 heterocycles. The van der Waals surface area contributed by atoms with Crippen molar-refractivity contribution in [2.75, 3.05) is 31.5 Å². The zero-order valence-corrected chi connectivity index (χ0v) is 13.5. The lowest BCUT2D eigenvalue weighted by atomic mass is 9.96. The van der Waals surface area contributed by atoms with Crippen LogP contribution in [-0.4, -0.2) is 49.3 Å². The fourth-order valence-corrected chi connectivity index (χ4v) is 2.76. The van der Waals surface area contributed by atoms with Crippen LogP contribution in [-0.2, 0) is 9.59 Å². The summed E-state index contributed by atoms with van der Waals surface area (Å²) in [6.45, 7) is 1.07. The van der Waals surface area contributed by atoms with Crippen LogP contribution in [0.4, 0.5) is 14.5 Å². The van der Waals surface area contributed by atoms with Crippen molar-refractivity contribution in [2.24, 2.45) is 5.92 Å². The van der Waals surface area contributed by atoms with Gasteiger partial charge in [0.15, 0.2) is 0 Å². The number of benzene rings is 1. The zero-order valence-electron chi connectivity index (χ0n) is 13.5. The summed E-state index contributed by atoms with van der Waals surface area (Å²) in [6, 6.07) is 9.12. The summed E-state index contributed by atoms with van der Waals surface area (Å²) < 4.78 is 24.6. The maximum absolute atomic E-state index is 12.3. The SMILES string of the molecule is O=C(CCNC(=O)C1CCN(CC(F)F)CC1)Nc1ccccc1. The predicted octanol–water partition coefficient (Wildman–Crippen LogP) is 2.11. The minimum absolute atomic E-state index is 0.0980. The van der Waals surface area contributed by atoms with E-state index in [4.69, 9.17) is 0 Å². The second kappa shape index (κ2) is 9.32. The third-order valence-corrected chi connectivity index (χ3v) is 4.06. The molecule has 2 N–H and O–H groups in total. The first-order valence-corrected chi connectivity index (χ1v) is 8.17. The van der Waals surface area contributed by atoms with Crippen LogP contribution in [0.1, 0.15) is 19.3 Å². The summed E-state index contributed by atoms with van der Waals surface area (Å²) in [4.78, 5) is 25.5. The zero-order chi connectivity index (χ0) is 17.4. The molecule has 132 valence electrons. The van der Waals surface area contributed by atoms with Crippen molar-refractivity contribution in [3.8, 4) is 0 Å². The summed E-state index contributed by atoms with van der Waals surface area (Å²) in [5.41, 5.74) is 0.722. The van der Waals surface area contributed by atoms with E-state index in [2.05, 4.69) is 10.6 Å². The van der Waals surface area contributed by atoms with Crippen LogP contribution in [0, 0.1) is 5.92 Å². The quantitative estimate of drug-likeness (QED) is 0.800. The minimum atomic E-state index is -2.33. The summed E-state index contributed by atoms with van der Waals surface area (Å²) in [5.74, 6) is -0.413. The minimum Gasteiger partial charge on any atom is -0.355 e. The van der Waals surface area contributed by atoms with E-state index in [1.54, 1.807) is 17.0 Å². The van der Waals surface area contributed by atoms with Crippen LogP contribution < -0.4 is 10.6 Å². The van der Waals surface area contributed by atoms with E-state index in [1.165, 1.54) is 0 Å². The van der Waals surface area contributed by atoms with Gasteiger partial charge in [0, 0.05) is 24.6 Å². The van der Waals surface area contributed by atoms with Gasteiger partial charge in [-0.3, -0.25) is 14.5 Å². The predicted molar refractivity (Wildman–Crippen MR) is 87.9 cm³/mol. The number of carbonyl (C=O) groups excluding carboxylic acids is 2. The largest absolute Gasteiger partial charge is 0.355 e. The van der Waals surface area contributed by atoms with E-state index < -0.39 is 6.43 Å². The first kappa shape index (κ1) is 18.3. The number of nitrogens with zero attached hydrogens (tertiary/aromatic N) is 1. The van der Waals surface area contributed by atoms with Gasteiger partial charge in [0.25, 0.3) is 6.43 Å². The number of anilines is 1. The van der Waals surface area contributed by atoms with Crippen molar-refractivity contribution in [1.82, 2.24) is 10.2 Å². The number of rotatable bonds is 7. The van der Waals surface area contributed by atoms with Crippen LogP contribution in [0.25, 0.3) is 0 Å². The van der Waals surface area contributed by atoms with Crippen LogP contribution >= 0.6 is 0 Å². The summed E-state index contributed by atoms with van der Waals surface area (Å²) in [6.07, 6.45) is -0.979. The number of alkyl halides is 2. The normalized spacial score (nSPS) is 16.1. The van der Waals surface area contributed by atoms with Crippen LogP contribution in [0.15, 0.2) is 30.3 Å². The van der Waals surface area contributed by atoms with Gasteiger partial charge in [-0.25, -0.2) is 8.78 Å². The van der Waals surface area contributed by atoms with Gasteiger partial charge in [0.1, 0.15) is 0 Å². The van der Waals surface area contributed by atoms with Gasteiger partial charge in [-0.1, -0.05) is 18.2 Å². The molecule has 7 heteroatoms. The van der Waals surface area contributed by atoms with Crippen molar-refractivity contribution in [2.45, 2.75) is 25.7 Å². The Balaban J connectivity index is 1.62. The van der Waals surface area contributed by atoms with Gasteiger partial charge in [-0.15, -0.1) is 0 Å². The van der Waals surface area contributed by atoms with Crippen LogP contribution in [0.3, 0.4) is 0 Å². The average molecular weight is 339 g/mol. The number of halogens is 2. The molecule has 1 aliphatic heterocycles. The Labute approximate surface area is 140 Å². The van der Waals surface area contributed by atoms with Gasteiger partial charge < -0.3 is 10.6 Å². The van der Waals surface area contributed by atoms with E-state index in [0.29, 0.717) is 25.9 Å². The standard InChI is InChI=1S/C17H23F2N3O2/c18-15(19)12-22-10-7-13(8-11-22)17(24)20-9-6-16(23)21-14-4-2-1-3-5-14/h1-5,13,15H,6-12H2,(H,20,24)(H,21,23). The fraction of sp³-hybridized carbons (Fsp3) is 0.529. The molecule has 1 aromatic rings. The lowest BCUT2D eigenvalue weighted by Crippen LogP contribution is -2.42. The first-order chi connectivity index (χ1) is 11.5. The molecule has 0 unspecified atom stereocenters. The van der Waals surface area contributed by atoms with Crippen molar-refractivity contribution in [3.05, 3.63) is 30.3 Å². The molecule has 5 nitrogen and oxygen atoms in total. The molecule has 1 fully saturated rings. The Kier molecular flexibility index (Phi) is 7.11. The smallest absolute Gasteiger partial charge is 0.251 e. The molecule has 0 aliphatic carbocycles. The number of para-hydroxylation sites is 1. The van der Waals surface area contributed by atoms with Gasteiger partial charge in [-0.2, -0.15) is 0 Å². The van der Waals surface area contributed by atoms with Gasteiger partial charge >= 0.3 is 0 Å². The number of nitrogens with one attached hydrogen (secondary N) is 2. The van der Waals surface area contributed by atoms with Crippen molar-refractivity contribution in [1.29, 1.82) is 0 Å². The van der Waals surface area contributed by atoms with Crippen LogP contribution in [0.5, 0.6) is 0 Å². The number of carbonyl (C=O) groups is 2. The molecule has 2 amide bonds. The highest BCUT2D eigenvalue weighted by Gasteiger charge is 2.25. The highest BCUT2D eigenvalue weighted by atomic mass is 19.3. The van der Waals surface area contributed by atoms with Crippen LogP contribution in [0.2, 0.25) is 0 Å². The molecule has 0 saturated carbocycles. The fourth-order valence-electron chi connectivity index (χ4n) is 2.76. The highest BCUT2D eigenvalue weighted by molar-refractivity contribution is 5.91. The van der Waals surface area contributed by atoms with E-state index in [0.717, 1.165) is 5.69 Å². The Morgan fingerprint density at radius 2 is 1.83 bits per heavy atom. The van der Waals surface area contributed by atoms with Gasteiger partial charge in [0.05, 0.1) is 6.54 Å². The Morgan fingerprint density at radius 3 is 2.46 bits per heavy atom. The lowest BCUT2D eigenvalue weighted by molar-refractivity contribution is -0.126. The maximum Gasteiger partial charge on any atom is 0.251 e. The van der Waals surface area contributed by atoms with Gasteiger partial charge in [-0.05, 0) is 38.1 Å². The average Bonchev–Trinajstić information content (AvgIpc) is 2.55. The number of likely N-dealkylation sites (tertiary alicyclic amines) is 1. The monoisotopic (exact) mass is 339 g/mol. The third-order valence-electron chi connectivity index (χ3n) is 4.06. The van der Waals surface area contributed by atoms with Gasteiger partial charge in [0.2, 0.25) is 11.8 Å². The summed E-state index contributed by atoms with van der Waals surface area (Å²) in [7, 11) is 0. The lowest BCUT2D eigenvalue weighted by Gasteiger charge is -2.30. The number of amides is 2. The van der Waals surface area contributed by atoms with E-state index >= 15 is 0 Å². The van der Waals surface area contributed by atoms with Crippen molar-refractivity contribution >= 4 is 17.5 Å². The topological polar surface area (TPSA) is 61.4 Å². The van der Waals surface area contributed by atoms with Crippen molar-refractivity contribution in [3.63, 3.8) is 0 Å². The molecule has 24 heavy (non-hydrogen) atoms. The van der Waals surface area contributed by atoms with Crippen molar-refractivity contribution < 1.29 is 18.4 Å². The molecule has 0 atom stereocenters. The maximum atomic E-state index is 12.3. The Hall–Kier alpha value is -2.02. The molecular formula is C17H23F2N3O2. The third kappa shape index (κ3) is 6.23. The molecule has 1 saturated heterocycles. The first-order valence-electron chi connectivity index (χ1n) is 8.17. The molecule has 0 radical (unpaired) electrons. The molecule has 0 spiro atoms. The second-order valence-corrected chi connectivity index (χ2v) is 5.92. The molecule has 2 rings (SSSR count). The second-order valence-electron chi connectivity index (χ2n) is 5.92. The molecular weight excluding hydrogens is 316 g/mol. The Morgan fingerprint density at radius 1 is 1.17 bits per heavy atom. The van der Waals surface area contributed by atoms with E-state index in [9.17, 15) is 18.4 Å². The molecule has 0 aromatic heterocycles. The van der Waals surface area contributed by atoms with E-state index in [1.807, 2.05) is 18.2 Å². The summed E-state index contributed by atoms with van der Waals surface area (Å²) in [5, 5.41) is 5.51. The Bertz CT molecular complexity index is 532.